The second-order valence-electron chi connectivity index (χ2n) is 10.9. The Morgan fingerprint density at radius 3 is 2.45 bits per heavy atom. The summed E-state index contributed by atoms with van der Waals surface area (Å²) in [7, 11) is 0. The third kappa shape index (κ3) is 8.25. The fourth-order valence-electron chi connectivity index (χ4n) is 5.96. The summed E-state index contributed by atoms with van der Waals surface area (Å²) >= 11 is 0. The van der Waals surface area contributed by atoms with Crippen LogP contribution in [0.15, 0.2) is 30.3 Å². The second kappa shape index (κ2) is 15.1. The average Bonchev–Trinajstić information content (AvgIpc) is 2.97. The maximum absolute atomic E-state index is 13.5. The Labute approximate surface area is 236 Å². The van der Waals surface area contributed by atoms with Gasteiger partial charge in [0.05, 0.1) is 19.8 Å². The van der Waals surface area contributed by atoms with E-state index in [0.29, 0.717) is 77.3 Å². The van der Waals surface area contributed by atoms with Crippen molar-refractivity contribution in [3.05, 3.63) is 35.9 Å². The molecule has 0 saturated carbocycles. The van der Waals surface area contributed by atoms with Gasteiger partial charge in [0.15, 0.2) is 0 Å². The lowest BCUT2D eigenvalue weighted by Gasteiger charge is -2.41. The van der Waals surface area contributed by atoms with E-state index in [1.54, 1.807) is 17.0 Å². The molecule has 4 aliphatic rings. The van der Waals surface area contributed by atoms with Gasteiger partial charge in [-0.1, -0.05) is 18.2 Å². The summed E-state index contributed by atoms with van der Waals surface area (Å²) in [5.74, 6) is -0.0876. The smallest absolute Gasteiger partial charge is 0.253 e. The highest BCUT2D eigenvalue weighted by atomic mass is 16.5. The fourth-order valence-corrected chi connectivity index (χ4v) is 5.96. The van der Waals surface area contributed by atoms with E-state index in [4.69, 9.17) is 15.2 Å². The number of piperidine rings is 2. The Kier molecular flexibility index (Phi) is 11.3. The van der Waals surface area contributed by atoms with Gasteiger partial charge in [-0.05, 0) is 56.2 Å². The molecule has 4 amide bonds. The average molecular weight is 558 g/mol. The van der Waals surface area contributed by atoms with Crippen LogP contribution in [0.4, 0.5) is 0 Å². The van der Waals surface area contributed by atoms with Gasteiger partial charge in [-0.3, -0.25) is 19.2 Å². The highest BCUT2D eigenvalue weighted by molar-refractivity contribution is 5.94. The minimum absolute atomic E-state index is 0.0124. The van der Waals surface area contributed by atoms with Gasteiger partial charge in [0.1, 0.15) is 13.2 Å². The molecule has 11 heteroatoms. The van der Waals surface area contributed by atoms with Crippen LogP contribution in [0.25, 0.3) is 0 Å². The molecule has 1 aromatic rings. The minimum Gasteiger partial charge on any atom is -0.377 e. The second-order valence-corrected chi connectivity index (χ2v) is 10.9. The number of rotatable bonds is 4. The van der Waals surface area contributed by atoms with Crippen molar-refractivity contribution in [3.63, 3.8) is 0 Å². The summed E-state index contributed by atoms with van der Waals surface area (Å²) in [6.45, 7) is 3.73. The molecule has 0 spiro atoms. The van der Waals surface area contributed by atoms with E-state index in [1.165, 1.54) is 0 Å². The van der Waals surface area contributed by atoms with Gasteiger partial charge in [-0.15, -0.1) is 0 Å². The molecule has 3 N–H and O–H groups in total. The molecule has 0 radical (unpaired) electrons. The van der Waals surface area contributed by atoms with Gasteiger partial charge >= 0.3 is 0 Å². The van der Waals surface area contributed by atoms with E-state index in [-0.39, 0.29) is 61.3 Å². The molecule has 0 aliphatic carbocycles. The van der Waals surface area contributed by atoms with Gasteiger partial charge in [-0.25, -0.2) is 0 Å². The topological polar surface area (TPSA) is 135 Å². The van der Waals surface area contributed by atoms with Crippen LogP contribution in [0.3, 0.4) is 0 Å². The molecule has 11 nitrogen and oxygen atoms in total. The number of hydrogen-bond donors (Lipinski definition) is 2. The van der Waals surface area contributed by atoms with Crippen LogP contribution in [0, 0.1) is 11.8 Å². The van der Waals surface area contributed by atoms with E-state index in [2.05, 4.69) is 5.32 Å². The zero-order chi connectivity index (χ0) is 28.3. The van der Waals surface area contributed by atoms with Gasteiger partial charge < -0.3 is 35.2 Å². The Hall–Kier alpha value is -3.02. The number of ether oxygens (including phenoxy) is 2. The molecule has 220 valence electrons. The first-order chi connectivity index (χ1) is 19.5. The Morgan fingerprint density at radius 1 is 0.950 bits per heavy atom. The number of nitrogens with zero attached hydrogens (tertiary/aromatic N) is 3. The van der Waals surface area contributed by atoms with Crippen LogP contribution in [-0.4, -0.2) is 117 Å². The molecule has 4 aliphatic heterocycles. The third-order valence-electron chi connectivity index (χ3n) is 8.23. The number of amides is 4. The lowest BCUT2D eigenvalue weighted by Crippen LogP contribution is -2.54. The first-order valence-corrected chi connectivity index (χ1v) is 14.5. The van der Waals surface area contributed by atoms with Crippen molar-refractivity contribution in [1.29, 1.82) is 0 Å². The first-order valence-electron chi connectivity index (χ1n) is 14.5. The van der Waals surface area contributed by atoms with Gasteiger partial charge in [0, 0.05) is 50.7 Å². The molecule has 1 aromatic carbocycles. The standard InChI is InChI=1S/C29H43N5O6/c30-10-6-24-19-33-12-7-23(24)18-26(35)31-11-15-39-16-17-40-21-28(37)34(20-27(33)36)25-8-13-32(14-9-25)29(38)22-4-2-1-3-5-22/h1-5,23-25H,6-21,30H2,(H,31,35)/t23-,24+/m1/s1. The molecule has 4 heterocycles. The minimum atomic E-state index is -0.233. The number of fused-ring (bicyclic) bond motifs is 15. The lowest BCUT2D eigenvalue weighted by atomic mass is 9.81. The number of likely N-dealkylation sites (tertiary alicyclic amines) is 1. The van der Waals surface area contributed by atoms with Crippen molar-refractivity contribution in [2.75, 3.05) is 72.2 Å². The molecule has 4 fully saturated rings. The molecule has 4 saturated heterocycles. The van der Waals surface area contributed by atoms with Crippen LogP contribution in [0.2, 0.25) is 0 Å². The van der Waals surface area contributed by atoms with E-state index in [9.17, 15) is 19.2 Å². The van der Waals surface area contributed by atoms with Crippen molar-refractivity contribution in [1.82, 2.24) is 20.0 Å². The Bertz CT molecular complexity index is 1000. The quantitative estimate of drug-likeness (QED) is 0.515. The predicted molar refractivity (Wildman–Crippen MR) is 148 cm³/mol. The summed E-state index contributed by atoms with van der Waals surface area (Å²) in [5, 5.41) is 2.91. The Balaban J connectivity index is 1.43. The van der Waals surface area contributed by atoms with Crippen molar-refractivity contribution >= 4 is 23.6 Å². The number of carbonyl (C=O) groups is 4. The molecule has 2 atom stereocenters. The highest BCUT2D eigenvalue weighted by Crippen LogP contribution is 2.29. The lowest BCUT2D eigenvalue weighted by molar-refractivity contribution is -0.148. The zero-order valence-electron chi connectivity index (χ0n) is 23.3. The maximum Gasteiger partial charge on any atom is 0.253 e. The number of hydrogen-bond acceptors (Lipinski definition) is 7. The Morgan fingerprint density at radius 2 is 1.70 bits per heavy atom. The molecular weight excluding hydrogens is 514 g/mol. The maximum atomic E-state index is 13.5. The summed E-state index contributed by atoms with van der Waals surface area (Å²) in [6.07, 6.45) is 3.04. The molecule has 2 bridgehead atoms. The van der Waals surface area contributed by atoms with Crippen LogP contribution in [-0.2, 0) is 23.9 Å². The van der Waals surface area contributed by atoms with Crippen molar-refractivity contribution in [2.24, 2.45) is 17.6 Å². The number of benzene rings is 1. The van der Waals surface area contributed by atoms with Crippen LogP contribution >= 0.6 is 0 Å². The summed E-state index contributed by atoms with van der Waals surface area (Å²) in [6, 6.07) is 9.02. The first kappa shape index (κ1) is 30.0. The zero-order valence-corrected chi connectivity index (χ0v) is 23.3. The largest absolute Gasteiger partial charge is 0.377 e. The number of carbonyl (C=O) groups excluding carboxylic acids is 4. The van der Waals surface area contributed by atoms with Crippen LogP contribution in [0.1, 0.15) is 42.5 Å². The van der Waals surface area contributed by atoms with Crippen LogP contribution in [0.5, 0.6) is 0 Å². The molecule has 40 heavy (non-hydrogen) atoms. The number of nitrogens with two attached hydrogens (primary N) is 1. The van der Waals surface area contributed by atoms with Crippen LogP contribution < -0.4 is 11.1 Å². The summed E-state index contributed by atoms with van der Waals surface area (Å²) in [5.41, 5.74) is 6.53. The molecule has 0 unspecified atom stereocenters. The third-order valence-corrected chi connectivity index (χ3v) is 8.23. The van der Waals surface area contributed by atoms with Gasteiger partial charge in [0.25, 0.3) is 5.91 Å². The summed E-state index contributed by atoms with van der Waals surface area (Å²) < 4.78 is 11.1. The number of nitrogens with one attached hydrogen (secondary N) is 1. The molecule has 0 aromatic heterocycles. The van der Waals surface area contributed by atoms with E-state index < -0.39 is 0 Å². The van der Waals surface area contributed by atoms with E-state index >= 15 is 0 Å². The van der Waals surface area contributed by atoms with Crippen molar-refractivity contribution in [3.8, 4) is 0 Å². The van der Waals surface area contributed by atoms with Gasteiger partial charge in [-0.2, -0.15) is 0 Å². The van der Waals surface area contributed by atoms with E-state index in [1.807, 2.05) is 28.0 Å². The highest BCUT2D eigenvalue weighted by Gasteiger charge is 2.36. The normalized spacial score (nSPS) is 24.9. The predicted octanol–water partition coefficient (Wildman–Crippen LogP) is 0.486. The molecule has 5 rings (SSSR count). The van der Waals surface area contributed by atoms with Crippen molar-refractivity contribution < 1.29 is 28.7 Å². The van der Waals surface area contributed by atoms with Gasteiger partial charge in [0.2, 0.25) is 17.7 Å². The summed E-state index contributed by atoms with van der Waals surface area (Å²) in [4.78, 5) is 57.6. The monoisotopic (exact) mass is 557 g/mol. The SMILES string of the molecule is NCC[C@H]1CN2CC[C@@H]1CC(=O)NCCOCCOCC(=O)N(C1CCN(C(=O)c3ccccc3)CC1)CC2=O. The van der Waals surface area contributed by atoms with Crippen molar-refractivity contribution in [2.45, 2.75) is 38.1 Å². The fraction of sp³-hybridized carbons (Fsp3) is 0.655. The molecular formula is C29H43N5O6. The van der Waals surface area contributed by atoms with E-state index in [0.717, 1.165) is 12.8 Å².